The predicted molar refractivity (Wildman–Crippen MR) is 85.9 cm³/mol. The highest BCUT2D eigenvalue weighted by atomic mass is 32.2. The number of rotatable bonds is 6. The van der Waals surface area contributed by atoms with Crippen LogP contribution in [0.25, 0.3) is 10.6 Å². The maximum Gasteiger partial charge on any atom is 0.123 e. The van der Waals surface area contributed by atoms with E-state index in [2.05, 4.69) is 60.7 Å². The molecule has 1 N–H and O–H groups in total. The molecule has 0 unspecified atom stereocenters. The Hall–Kier alpha value is -0.840. The van der Waals surface area contributed by atoms with Gasteiger partial charge in [-0.15, -0.1) is 23.1 Å². The zero-order valence-corrected chi connectivity index (χ0v) is 13.3. The summed E-state index contributed by atoms with van der Waals surface area (Å²) in [6, 6.07) is 9.18. The van der Waals surface area contributed by atoms with Crippen LogP contribution in [-0.2, 0) is 6.54 Å². The van der Waals surface area contributed by atoms with Crippen LogP contribution < -0.4 is 5.32 Å². The van der Waals surface area contributed by atoms with Crippen LogP contribution in [0, 0.1) is 0 Å². The van der Waals surface area contributed by atoms with Gasteiger partial charge in [-0.2, -0.15) is 0 Å². The third kappa shape index (κ3) is 4.34. The number of hydrogen-bond acceptors (Lipinski definition) is 4. The van der Waals surface area contributed by atoms with Crippen LogP contribution in [0.5, 0.6) is 0 Å². The number of hydrogen-bond donors (Lipinski definition) is 1. The summed E-state index contributed by atoms with van der Waals surface area (Å²) in [6.07, 6.45) is 0. The topological polar surface area (TPSA) is 24.9 Å². The number of nitrogens with zero attached hydrogens (tertiary/aromatic N) is 1. The lowest BCUT2D eigenvalue weighted by atomic mass is 10.2. The average Bonchev–Trinajstić information content (AvgIpc) is 2.86. The van der Waals surface area contributed by atoms with Gasteiger partial charge >= 0.3 is 0 Å². The standard InChI is InChI=1S/C15H20N2S2/c1-4-18-14-7-5-12(6-8-14)15-17-13(10-19-15)9-16-11(2)3/h5-8,10-11,16H,4,9H2,1-3H3. The maximum absolute atomic E-state index is 4.68. The zero-order valence-electron chi connectivity index (χ0n) is 11.6. The van der Waals surface area contributed by atoms with Crippen molar-refractivity contribution in [3.63, 3.8) is 0 Å². The first kappa shape index (κ1) is 14.6. The molecule has 1 aromatic heterocycles. The minimum absolute atomic E-state index is 0.496. The number of thiazole rings is 1. The van der Waals surface area contributed by atoms with Gasteiger partial charge in [0.05, 0.1) is 5.69 Å². The highest BCUT2D eigenvalue weighted by Gasteiger charge is 2.05. The molecule has 1 heterocycles. The number of benzene rings is 1. The van der Waals surface area contributed by atoms with Crippen LogP contribution in [0.1, 0.15) is 26.5 Å². The van der Waals surface area contributed by atoms with Crippen LogP contribution >= 0.6 is 23.1 Å². The SMILES string of the molecule is CCSc1ccc(-c2nc(CNC(C)C)cs2)cc1. The molecule has 2 nitrogen and oxygen atoms in total. The molecule has 0 aliphatic rings. The van der Waals surface area contributed by atoms with Crippen LogP contribution in [0.2, 0.25) is 0 Å². The third-order valence-corrected chi connectivity index (χ3v) is 4.49. The van der Waals surface area contributed by atoms with Crippen LogP contribution in [0.15, 0.2) is 34.5 Å². The molecular weight excluding hydrogens is 272 g/mol. The van der Waals surface area contributed by atoms with E-state index in [4.69, 9.17) is 0 Å². The van der Waals surface area contributed by atoms with Crippen molar-refractivity contribution < 1.29 is 0 Å². The third-order valence-electron chi connectivity index (χ3n) is 2.66. The van der Waals surface area contributed by atoms with Gasteiger partial charge in [0.15, 0.2) is 0 Å². The Morgan fingerprint density at radius 2 is 2.00 bits per heavy atom. The summed E-state index contributed by atoms with van der Waals surface area (Å²) in [5.74, 6) is 1.11. The fourth-order valence-corrected chi connectivity index (χ4v) is 3.18. The van der Waals surface area contributed by atoms with Crippen LogP contribution in [0.3, 0.4) is 0 Å². The molecule has 0 spiro atoms. The Morgan fingerprint density at radius 1 is 1.26 bits per heavy atom. The Kier molecular flexibility index (Phi) is 5.43. The van der Waals surface area contributed by atoms with Crippen molar-refractivity contribution in [2.75, 3.05) is 5.75 Å². The molecule has 0 radical (unpaired) electrons. The fourth-order valence-electron chi connectivity index (χ4n) is 1.69. The Balaban J connectivity index is 2.05. The summed E-state index contributed by atoms with van der Waals surface area (Å²) < 4.78 is 0. The summed E-state index contributed by atoms with van der Waals surface area (Å²) in [6.45, 7) is 7.32. The molecule has 0 amide bonds. The summed E-state index contributed by atoms with van der Waals surface area (Å²) in [5.41, 5.74) is 2.34. The van der Waals surface area contributed by atoms with E-state index < -0.39 is 0 Å². The van der Waals surface area contributed by atoms with Gasteiger partial charge in [0.25, 0.3) is 0 Å². The molecular formula is C15H20N2S2. The second-order valence-corrected chi connectivity index (χ2v) is 6.83. The summed E-state index contributed by atoms with van der Waals surface area (Å²) >= 11 is 3.58. The van der Waals surface area contributed by atoms with E-state index in [-0.39, 0.29) is 0 Å². The monoisotopic (exact) mass is 292 g/mol. The van der Waals surface area contributed by atoms with Crippen molar-refractivity contribution in [2.24, 2.45) is 0 Å². The highest BCUT2D eigenvalue weighted by Crippen LogP contribution is 2.26. The molecule has 0 aliphatic carbocycles. The normalized spacial score (nSPS) is 11.2. The predicted octanol–water partition coefficient (Wildman–Crippen LogP) is 4.42. The number of nitrogens with one attached hydrogen (secondary N) is 1. The first-order chi connectivity index (χ1) is 9.19. The van der Waals surface area contributed by atoms with Crippen molar-refractivity contribution >= 4 is 23.1 Å². The molecule has 0 bridgehead atoms. The smallest absolute Gasteiger partial charge is 0.123 e. The second-order valence-electron chi connectivity index (χ2n) is 4.64. The van der Waals surface area contributed by atoms with E-state index in [0.29, 0.717) is 6.04 Å². The number of aromatic nitrogens is 1. The first-order valence-electron chi connectivity index (χ1n) is 6.60. The van der Waals surface area contributed by atoms with Crippen LogP contribution in [0.4, 0.5) is 0 Å². The molecule has 0 fully saturated rings. The van der Waals surface area contributed by atoms with Gasteiger partial charge < -0.3 is 5.32 Å². The van der Waals surface area contributed by atoms with Gasteiger partial charge in [0.2, 0.25) is 0 Å². The molecule has 102 valence electrons. The lowest BCUT2D eigenvalue weighted by Crippen LogP contribution is -2.21. The Morgan fingerprint density at radius 3 is 2.63 bits per heavy atom. The van der Waals surface area contributed by atoms with E-state index in [1.165, 1.54) is 10.5 Å². The molecule has 2 aromatic rings. The molecule has 2 rings (SSSR count). The molecule has 0 saturated heterocycles. The van der Waals surface area contributed by atoms with Gasteiger partial charge in [-0.1, -0.05) is 32.9 Å². The Labute approximate surface area is 123 Å². The van der Waals surface area contributed by atoms with Crippen LogP contribution in [-0.4, -0.2) is 16.8 Å². The average molecular weight is 292 g/mol. The van der Waals surface area contributed by atoms with E-state index in [1.807, 2.05) is 11.8 Å². The maximum atomic E-state index is 4.68. The van der Waals surface area contributed by atoms with Gasteiger partial charge in [-0.05, 0) is 17.9 Å². The van der Waals surface area contributed by atoms with E-state index in [0.717, 1.165) is 23.0 Å². The lowest BCUT2D eigenvalue weighted by Gasteiger charge is -2.04. The zero-order chi connectivity index (χ0) is 13.7. The van der Waals surface area contributed by atoms with Crippen molar-refractivity contribution in [1.29, 1.82) is 0 Å². The molecule has 19 heavy (non-hydrogen) atoms. The van der Waals surface area contributed by atoms with Gasteiger partial charge in [0, 0.05) is 28.4 Å². The first-order valence-corrected chi connectivity index (χ1v) is 8.46. The highest BCUT2D eigenvalue weighted by molar-refractivity contribution is 7.99. The summed E-state index contributed by atoms with van der Waals surface area (Å²) in [4.78, 5) is 6.00. The Bertz CT molecular complexity index is 503. The van der Waals surface area contributed by atoms with Gasteiger partial charge in [-0.25, -0.2) is 4.98 Å². The minimum Gasteiger partial charge on any atom is -0.309 e. The quantitative estimate of drug-likeness (QED) is 0.798. The fraction of sp³-hybridized carbons (Fsp3) is 0.400. The largest absolute Gasteiger partial charge is 0.309 e. The second kappa shape index (κ2) is 7.08. The van der Waals surface area contributed by atoms with E-state index in [9.17, 15) is 0 Å². The van der Waals surface area contributed by atoms with Crippen molar-refractivity contribution in [3.8, 4) is 10.6 Å². The van der Waals surface area contributed by atoms with Crippen molar-refractivity contribution in [2.45, 2.75) is 38.3 Å². The molecule has 0 aliphatic heterocycles. The lowest BCUT2D eigenvalue weighted by molar-refractivity contribution is 0.583. The van der Waals surface area contributed by atoms with Gasteiger partial charge in [-0.3, -0.25) is 0 Å². The van der Waals surface area contributed by atoms with E-state index in [1.54, 1.807) is 11.3 Å². The summed E-state index contributed by atoms with van der Waals surface area (Å²) in [5, 5.41) is 6.64. The van der Waals surface area contributed by atoms with Crippen molar-refractivity contribution in [1.82, 2.24) is 10.3 Å². The van der Waals surface area contributed by atoms with Crippen molar-refractivity contribution in [3.05, 3.63) is 35.3 Å². The molecule has 1 aromatic carbocycles. The molecule has 4 heteroatoms. The summed E-state index contributed by atoms with van der Waals surface area (Å²) in [7, 11) is 0. The molecule has 0 atom stereocenters. The molecule has 0 saturated carbocycles. The van der Waals surface area contributed by atoms with E-state index >= 15 is 0 Å². The number of thioether (sulfide) groups is 1. The van der Waals surface area contributed by atoms with Gasteiger partial charge in [0.1, 0.15) is 5.01 Å². The minimum atomic E-state index is 0.496.